The molecular weight excluding hydrogens is 367 g/mol. The summed E-state index contributed by atoms with van der Waals surface area (Å²) in [5, 5.41) is 9.92. The molecule has 1 saturated carbocycles. The average Bonchev–Trinajstić information content (AvgIpc) is 2.44. The van der Waals surface area contributed by atoms with Crippen molar-refractivity contribution in [3.8, 4) is 5.75 Å². The number of rotatable bonds is 3. The van der Waals surface area contributed by atoms with E-state index < -0.39 is 0 Å². The summed E-state index contributed by atoms with van der Waals surface area (Å²) < 4.78 is 0.950. The van der Waals surface area contributed by atoms with Crippen LogP contribution in [0.15, 0.2) is 18.2 Å². The van der Waals surface area contributed by atoms with E-state index in [1.807, 2.05) is 11.8 Å². The van der Waals surface area contributed by atoms with Gasteiger partial charge in [0.1, 0.15) is 5.75 Å². The highest BCUT2D eigenvalue weighted by Gasteiger charge is 2.28. The Hall–Kier alpha value is -0.820. The molecule has 3 N–H and O–H groups in total. The fourth-order valence-electron chi connectivity index (χ4n) is 2.82. The van der Waals surface area contributed by atoms with Crippen LogP contribution in [0.5, 0.6) is 5.75 Å². The van der Waals surface area contributed by atoms with Gasteiger partial charge in [-0.2, -0.15) is 0 Å². The SMILES string of the molecule is CCN(C(=O)c1cc(I)ccc1O)C1CCC(N)CC1. The normalized spacial score (nSPS) is 22.6. The molecule has 0 atom stereocenters. The predicted octanol–water partition coefficient (Wildman–Crippen LogP) is 2.73. The van der Waals surface area contributed by atoms with E-state index in [0.717, 1.165) is 29.3 Å². The lowest BCUT2D eigenvalue weighted by Gasteiger charge is -2.35. The number of hydrogen-bond acceptors (Lipinski definition) is 3. The van der Waals surface area contributed by atoms with Crippen molar-refractivity contribution in [2.75, 3.05) is 6.54 Å². The minimum absolute atomic E-state index is 0.0568. The van der Waals surface area contributed by atoms with Gasteiger partial charge in [-0.05, 0) is 73.4 Å². The Morgan fingerprint density at radius 3 is 2.65 bits per heavy atom. The number of nitrogens with two attached hydrogens (primary N) is 1. The highest BCUT2D eigenvalue weighted by molar-refractivity contribution is 14.1. The van der Waals surface area contributed by atoms with E-state index in [1.165, 1.54) is 0 Å². The van der Waals surface area contributed by atoms with Gasteiger partial charge in [0.15, 0.2) is 0 Å². The van der Waals surface area contributed by atoms with Gasteiger partial charge in [-0.25, -0.2) is 0 Å². The molecule has 1 aromatic rings. The van der Waals surface area contributed by atoms with E-state index >= 15 is 0 Å². The Morgan fingerprint density at radius 1 is 1.40 bits per heavy atom. The first-order valence-electron chi connectivity index (χ1n) is 7.08. The fraction of sp³-hybridized carbons (Fsp3) is 0.533. The number of carbonyl (C=O) groups is 1. The Labute approximate surface area is 133 Å². The standard InChI is InChI=1S/C15H21IN2O2/c1-2-18(12-6-4-11(17)5-7-12)15(20)13-9-10(16)3-8-14(13)19/h3,8-9,11-12,19H,2,4-7,17H2,1H3. The topological polar surface area (TPSA) is 66.6 Å². The van der Waals surface area contributed by atoms with Crippen molar-refractivity contribution in [2.24, 2.45) is 5.73 Å². The molecule has 2 rings (SSSR count). The van der Waals surface area contributed by atoms with Gasteiger partial charge in [0.25, 0.3) is 5.91 Å². The molecule has 0 heterocycles. The molecule has 110 valence electrons. The highest BCUT2D eigenvalue weighted by Crippen LogP contribution is 2.26. The van der Waals surface area contributed by atoms with E-state index in [4.69, 9.17) is 5.73 Å². The van der Waals surface area contributed by atoms with Gasteiger partial charge in [0.2, 0.25) is 0 Å². The summed E-state index contributed by atoms with van der Waals surface area (Å²) in [4.78, 5) is 14.5. The third-order valence-electron chi connectivity index (χ3n) is 3.97. The molecule has 1 aliphatic rings. The lowest BCUT2D eigenvalue weighted by Crippen LogP contribution is -2.44. The number of amides is 1. The van der Waals surface area contributed by atoms with Gasteiger partial charge >= 0.3 is 0 Å². The molecule has 0 aromatic heterocycles. The van der Waals surface area contributed by atoms with Crippen LogP contribution >= 0.6 is 22.6 Å². The first-order valence-corrected chi connectivity index (χ1v) is 8.15. The van der Waals surface area contributed by atoms with Crippen LogP contribution in [0.4, 0.5) is 0 Å². The van der Waals surface area contributed by atoms with Crippen molar-refractivity contribution in [3.05, 3.63) is 27.3 Å². The molecule has 0 radical (unpaired) electrons. The maximum absolute atomic E-state index is 12.7. The highest BCUT2D eigenvalue weighted by atomic mass is 127. The average molecular weight is 388 g/mol. The number of carbonyl (C=O) groups excluding carboxylic acids is 1. The summed E-state index contributed by atoms with van der Waals surface area (Å²) in [5.74, 6) is -0.0228. The molecule has 4 nitrogen and oxygen atoms in total. The Kier molecular flexibility index (Phi) is 5.26. The molecule has 0 aliphatic heterocycles. The zero-order chi connectivity index (χ0) is 14.7. The largest absolute Gasteiger partial charge is 0.507 e. The summed E-state index contributed by atoms with van der Waals surface area (Å²) >= 11 is 2.15. The Bertz CT molecular complexity index is 485. The zero-order valence-corrected chi connectivity index (χ0v) is 13.8. The fourth-order valence-corrected chi connectivity index (χ4v) is 3.31. The molecule has 1 aromatic carbocycles. The number of halogens is 1. The van der Waals surface area contributed by atoms with E-state index in [1.54, 1.807) is 18.2 Å². The number of phenolic OH excluding ortho intramolecular Hbond substituents is 1. The molecule has 0 spiro atoms. The van der Waals surface area contributed by atoms with Crippen LogP contribution in [0.25, 0.3) is 0 Å². The minimum Gasteiger partial charge on any atom is -0.507 e. The summed E-state index contributed by atoms with van der Waals surface area (Å²) in [6, 6.07) is 5.63. The van der Waals surface area contributed by atoms with Crippen molar-refractivity contribution < 1.29 is 9.90 Å². The third-order valence-corrected chi connectivity index (χ3v) is 4.64. The Balaban J connectivity index is 2.18. The van der Waals surface area contributed by atoms with Gasteiger partial charge in [-0.3, -0.25) is 4.79 Å². The molecule has 1 aliphatic carbocycles. The lowest BCUT2D eigenvalue weighted by atomic mass is 9.90. The minimum atomic E-state index is -0.0796. The number of phenols is 1. The van der Waals surface area contributed by atoms with Crippen LogP contribution in [0.3, 0.4) is 0 Å². The molecule has 0 bridgehead atoms. The molecular formula is C15H21IN2O2. The predicted molar refractivity (Wildman–Crippen MR) is 87.8 cm³/mol. The van der Waals surface area contributed by atoms with E-state index in [9.17, 15) is 9.90 Å². The number of benzene rings is 1. The first-order chi connectivity index (χ1) is 9.52. The summed E-state index contributed by atoms with van der Waals surface area (Å²) in [7, 11) is 0. The summed E-state index contributed by atoms with van der Waals surface area (Å²) in [5.41, 5.74) is 6.32. The van der Waals surface area contributed by atoms with Crippen LogP contribution in [0, 0.1) is 3.57 Å². The van der Waals surface area contributed by atoms with E-state index in [2.05, 4.69) is 22.6 Å². The van der Waals surface area contributed by atoms with Gasteiger partial charge in [0.05, 0.1) is 5.56 Å². The quantitative estimate of drug-likeness (QED) is 0.783. The van der Waals surface area contributed by atoms with E-state index in [0.29, 0.717) is 12.1 Å². The van der Waals surface area contributed by atoms with Crippen LogP contribution in [-0.4, -0.2) is 34.5 Å². The van der Waals surface area contributed by atoms with Crippen LogP contribution in [-0.2, 0) is 0 Å². The second-order valence-corrected chi connectivity index (χ2v) is 6.57. The molecule has 0 unspecified atom stereocenters. The number of hydrogen-bond donors (Lipinski definition) is 2. The maximum Gasteiger partial charge on any atom is 0.257 e. The third kappa shape index (κ3) is 3.44. The summed E-state index contributed by atoms with van der Waals surface area (Å²) in [6.07, 6.45) is 3.83. The lowest BCUT2D eigenvalue weighted by molar-refractivity contribution is 0.0637. The second-order valence-electron chi connectivity index (χ2n) is 5.32. The number of nitrogens with zero attached hydrogens (tertiary/aromatic N) is 1. The van der Waals surface area contributed by atoms with Crippen LogP contribution < -0.4 is 5.73 Å². The Morgan fingerprint density at radius 2 is 2.05 bits per heavy atom. The van der Waals surface area contributed by atoms with Crippen molar-refractivity contribution in [2.45, 2.75) is 44.7 Å². The van der Waals surface area contributed by atoms with E-state index in [-0.39, 0.29) is 23.7 Å². The van der Waals surface area contributed by atoms with Crippen LogP contribution in [0.1, 0.15) is 43.0 Å². The van der Waals surface area contributed by atoms with Crippen molar-refractivity contribution >= 4 is 28.5 Å². The van der Waals surface area contributed by atoms with Crippen molar-refractivity contribution in [1.29, 1.82) is 0 Å². The molecule has 1 amide bonds. The maximum atomic E-state index is 12.7. The molecule has 5 heteroatoms. The second kappa shape index (κ2) is 6.76. The summed E-state index contributed by atoms with van der Waals surface area (Å²) in [6.45, 7) is 2.64. The van der Waals surface area contributed by atoms with Crippen molar-refractivity contribution in [3.63, 3.8) is 0 Å². The first kappa shape index (κ1) is 15.6. The molecule has 20 heavy (non-hydrogen) atoms. The zero-order valence-electron chi connectivity index (χ0n) is 11.7. The van der Waals surface area contributed by atoms with Crippen molar-refractivity contribution in [1.82, 2.24) is 4.90 Å². The van der Waals surface area contributed by atoms with Gasteiger partial charge in [0, 0.05) is 22.2 Å². The van der Waals surface area contributed by atoms with Gasteiger partial charge in [-0.15, -0.1) is 0 Å². The van der Waals surface area contributed by atoms with Gasteiger partial charge < -0.3 is 15.7 Å². The van der Waals surface area contributed by atoms with Crippen LogP contribution in [0.2, 0.25) is 0 Å². The number of aromatic hydroxyl groups is 1. The van der Waals surface area contributed by atoms with Gasteiger partial charge in [-0.1, -0.05) is 0 Å². The monoisotopic (exact) mass is 388 g/mol. The molecule has 0 saturated heterocycles. The smallest absolute Gasteiger partial charge is 0.257 e. The molecule has 1 fully saturated rings.